The molecule has 3 atom stereocenters. The first-order chi connectivity index (χ1) is 8.22. The Bertz CT molecular complexity index is 370. The highest BCUT2D eigenvalue weighted by Crippen LogP contribution is 2.50. The molecule has 2 rings (SSSR count). The van der Waals surface area contributed by atoms with E-state index in [4.69, 9.17) is 9.47 Å². The number of hydrogen-bond donors (Lipinski definition) is 1. The molecule has 0 heterocycles. The number of ether oxygens (including phenoxy) is 2. The van der Waals surface area contributed by atoms with Gasteiger partial charge in [-0.2, -0.15) is 0 Å². The molecule has 0 aromatic heterocycles. The molecule has 1 fully saturated rings. The number of hydrogen-bond acceptors (Lipinski definition) is 3. The van der Waals surface area contributed by atoms with Crippen LogP contribution in [0.5, 0.6) is 11.5 Å². The van der Waals surface area contributed by atoms with Crippen LogP contribution in [-0.2, 0) is 0 Å². The zero-order valence-corrected chi connectivity index (χ0v) is 11.0. The van der Waals surface area contributed by atoms with E-state index in [1.165, 1.54) is 6.42 Å². The van der Waals surface area contributed by atoms with E-state index in [0.717, 1.165) is 23.0 Å². The van der Waals surface area contributed by atoms with Crippen molar-refractivity contribution in [1.29, 1.82) is 0 Å². The molecule has 3 heteroatoms. The van der Waals surface area contributed by atoms with Crippen LogP contribution in [0.2, 0.25) is 0 Å². The van der Waals surface area contributed by atoms with Crippen LogP contribution in [0, 0.1) is 11.8 Å². The standard InChI is InChI=1S/C14H21NO2/c1-9-8-10(9)14(15-2)13-11(16-3)6-5-7-12(13)17-4/h5-7,9-10,14-15H,8H2,1-4H3. The highest BCUT2D eigenvalue weighted by atomic mass is 16.5. The van der Waals surface area contributed by atoms with E-state index < -0.39 is 0 Å². The Hall–Kier alpha value is -1.22. The van der Waals surface area contributed by atoms with Gasteiger partial charge in [0.2, 0.25) is 0 Å². The van der Waals surface area contributed by atoms with Gasteiger partial charge < -0.3 is 14.8 Å². The first kappa shape index (κ1) is 12.2. The van der Waals surface area contributed by atoms with Gasteiger partial charge in [-0.3, -0.25) is 0 Å². The molecule has 0 saturated heterocycles. The van der Waals surface area contributed by atoms with Crippen LogP contribution < -0.4 is 14.8 Å². The third-order valence-corrected chi connectivity index (χ3v) is 3.69. The summed E-state index contributed by atoms with van der Waals surface area (Å²) in [4.78, 5) is 0. The number of rotatable bonds is 5. The van der Waals surface area contributed by atoms with Crippen LogP contribution in [-0.4, -0.2) is 21.3 Å². The molecule has 0 spiro atoms. The van der Waals surface area contributed by atoms with Crippen LogP contribution in [0.4, 0.5) is 0 Å². The SMILES string of the molecule is CNC(c1c(OC)cccc1OC)C1CC1C. The summed E-state index contributed by atoms with van der Waals surface area (Å²) in [6.07, 6.45) is 1.27. The predicted octanol–water partition coefficient (Wildman–Crippen LogP) is 2.62. The van der Waals surface area contributed by atoms with E-state index in [-0.39, 0.29) is 0 Å². The fraction of sp³-hybridized carbons (Fsp3) is 0.571. The lowest BCUT2D eigenvalue weighted by Crippen LogP contribution is -2.20. The lowest BCUT2D eigenvalue weighted by atomic mass is 9.99. The summed E-state index contributed by atoms with van der Waals surface area (Å²) in [5.74, 6) is 3.28. The van der Waals surface area contributed by atoms with Crippen molar-refractivity contribution in [2.24, 2.45) is 11.8 Å². The fourth-order valence-corrected chi connectivity index (χ4v) is 2.57. The highest BCUT2D eigenvalue weighted by molar-refractivity contribution is 5.47. The van der Waals surface area contributed by atoms with Crippen molar-refractivity contribution in [3.63, 3.8) is 0 Å². The van der Waals surface area contributed by atoms with Crippen molar-refractivity contribution in [2.45, 2.75) is 19.4 Å². The molecule has 1 N–H and O–H groups in total. The van der Waals surface area contributed by atoms with E-state index in [9.17, 15) is 0 Å². The Kier molecular flexibility index (Phi) is 3.57. The van der Waals surface area contributed by atoms with Crippen LogP contribution in [0.15, 0.2) is 18.2 Å². The van der Waals surface area contributed by atoms with Crippen molar-refractivity contribution >= 4 is 0 Å². The highest BCUT2D eigenvalue weighted by Gasteiger charge is 2.41. The minimum atomic E-state index is 0.316. The molecule has 0 radical (unpaired) electrons. The maximum atomic E-state index is 5.46. The van der Waals surface area contributed by atoms with Crippen molar-refractivity contribution in [1.82, 2.24) is 5.32 Å². The lowest BCUT2D eigenvalue weighted by molar-refractivity contribution is 0.364. The van der Waals surface area contributed by atoms with Gasteiger partial charge in [0, 0.05) is 6.04 Å². The zero-order valence-electron chi connectivity index (χ0n) is 11.0. The maximum Gasteiger partial charge on any atom is 0.127 e. The third kappa shape index (κ3) is 2.25. The number of methoxy groups -OCH3 is 2. The minimum Gasteiger partial charge on any atom is -0.496 e. The molecule has 1 aliphatic rings. The second kappa shape index (κ2) is 4.96. The molecule has 3 unspecified atom stereocenters. The molecular weight excluding hydrogens is 214 g/mol. The van der Waals surface area contributed by atoms with Crippen molar-refractivity contribution in [3.05, 3.63) is 23.8 Å². The van der Waals surface area contributed by atoms with Crippen LogP contribution in [0.1, 0.15) is 24.9 Å². The summed E-state index contributed by atoms with van der Waals surface area (Å²) in [7, 11) is 5.42. The first-order valence-corrected chi connectivity index (χ1v) is 6.11. The van der Waals surface area contributed by atoms with E-state index in [1.807, 2.05) is 25.2 Å². The van der Waals surface area contributed by atoms with E-state index in [2.05, 4.69) is 12.2 Å². The number of benzene rings is 1. The van der Waals surface area contributed by atoms with E-state index in [1.54, 1.807) is 14.2 Å². The topological polar surface area (TPSA) is 30.5 Å². The van der Waals surface area contributed by atoms with Gasteiger partial charge in [0.1, 0.15) is 11.5 Å². The Morgan fingerprint density at radius 3 is 2.12 bits per heavy atom. The summed E-state index contributed by atoms with van der Waals surface area (Å²) in [6, 6.07) is 6.27. The van der Waals surface area contributed by atoms with Gasteiger partial charge in [-0.05, 0) is 37.4 Å². The average molecular weight is 235 g/mol. The maximum absolute atomic E-state index is 5.46. The van der Waals surface area contributed by atoms with Gasteiger partial charge in [0.15, 0.2) is 0 Å². The minimum absolute atomic E-state index is 0.316. The molecule has 1 saturated carbocycles. The second-order valence-electron chi connectivity index (χ2n) is 4.72. The summed E-state index contributed by atoms with van der Waals surface area (Å²) in [5.41, 5.74) is 1.15. The van der Waals surface area contributed by atoms with Gasteiger partial charge in [-0.1, -0.05) is 13.0 Å². The summed E-state index contributed by atoms with van der Waals surface area (Å²) < 4.78 is 10.9. The van der Waals surface area contributed by atoms with Gasteiger partial charge in [0.05, 0.1) is 19.8 Å². The molecule has 17 heavy (non-hydrogen) atoms. The van der Waals surface area contributed by atoms with Gasteiger partial charge in [0.25, 0.3) is 0 Å². The average Bonchev–Trinajstić information content (AvgIpc) is 3.07. The van der Waals surface area contributed by atoms with Gasteiger partial charge in [-0.15, -0.1) is 0 Å². The van der Waals surface area contributed by atoms with E-state index >= 15 is 0 Å². The van der Waals surface area contributed by atoms with E-state index in [0.29, 0.717) is 12.0 Å². The molecule has 0 aliphatic heterocycles. The molecule has 0 amide bonds. The molecule has 1 aromatic carbocycles. The summed E-state index contributed by atoms with van der Waals surface area (Å²) >= 11 is 0. The zero-order chi connectivity index (χ0) is 12.4. The molecular formula is C14H21NO2. The molecule has 1 aliphatic carbocycles. The third-order valence-electron chi connectivity index (χ3n) is 3.69. The normalized spacial score (nSPS) is 24.2. The smallest absolute Gasteiger partial charge is 0.127 e. The Morgan fingerprint density at radius 2 is 1.76 bits per heavy atom. The first-order valence-electron chi connectivity index (χ1n) is 6.11. The largest absolute Gasteiger partial charge is 0.496 e. The Balaban J connectivity index is 2.39. The van der Waals surface area contributed by atoms with Crippen molar-refractivity contribution < 1.29 is 9.47 Å². The van der Waals surface area contributed by atoms with Crippen molar-refractivity contribution in [2.75, 3.05) is 21.3 Å². The van der Waals surface area contributed by atoms with Crippen LogP contribution >= 0.6 is 0 Å². The molecule has 94 valence electrons. The second-order valence-corrected chi connectivity index (χ2v) is 4.72. The molecule has 1 aromatic rings. The Morgan fingerprint density at radius 1 is 1.24 bits per heavy atom. The predicted molar refractivity (Wildman–Crippen MR) is 68.6 cm³/mol. The summed E-state index contributed by atoms with van der Waals surface area (Å²) in [6.45, 7) is 2.29. The van der Waals surface area contributed by atoms with Gasteiger partial charge in [-0.25, -0.2) is 0 Å². The lowest BCUT2D eigenvalue weighted by Gasteiger charge is -2.22. The van der Waals surface area contributed by atoms with Crippen LogP contribution in [0.3, 0.4) is 0 Å². The van der Waals surface area contributed by atoms with Crippen molar-refractivity contribution in [3.8, 4) is 11.5 Å². The Labute approximate surface area is 103 Å². The monoisotopic (exact) mass is 235 g/mol. The molecule has 3 nitrogen and oxygen atoms in total. The quantitative estimate of drug-likeness (QED) is 0.851. The summed E-state index contributed by atoms with van der Waals surface area (Å²) in [5, 5.41) is 3.40. The van der Waals surface area contributed by atoms with Crippen LogP contribution in [0.25, 0.3) is 0 Å². The number of nitrogens with one attached hydrogen (secondary N) is 1. The fourth-order valence-electron chi connectivity index (χ4n) is 2.57. The molecule has 0 bridgehead atoms. The van der Waals surface area contributed by atoms with Gasteiger partial charge >= 0.3 is 0 Å².